The highest BCUT2D eigenvalue weighted by molar-refractivity contribution is 8.00. The standard InChI is InChI=1S/C7H8N4O2S2/c8-3-6-4-11-7(5-10-6)14-1-2-15(9,12)13/h4-5H,1-2H2,(H2,9,12,13). The first-order valence-electron chi connectivity index (χ1n) is 3.87. The lowest BCUT2D eigenvalue weighted by molar-refractivity contribution is 0.599. The third kappa shape index (κ3) is 4.73. The van der Waals surface area contributed by atoms with Crippen LogP contribution in [0.3, 0.4) is 0 Å². The van der Waals surface area contributed by atoms with Crippen molar-refractivity contribution in [3.05, 3.63) is 18.1 Å². The lowest BCUT2D eigenvalue weighted by atomic mass is 10.5. The molecule has 0 bridgehead atoms. The van der Waals surface area contributed by atoms with Crippen LogP contribution in [0, 0.1) is 11.3 Å². The third-order valence-electron chi connectivity index (χ3n) is 1.36. The first-order chi connectivity index (χ1) is 7.01. The molecule has 0 unspecified atom stereocenters. The lowest BCUT2D eigenvalue weighted by Crippen LogP contribution is -2.17. The average molecular weight is 244 g/mol. The summed E-state index contributed by atoms with van der Waals surface area (Å²) in [4.78, 5) is 7.70. The molecule has 0 aromatic carbocycles. The highest BCUT2D eigenvalue weighted by Crippen LogP contribution is 2.13. The van der Waals surface area contributed by atoms with Crippen molar-refractivity contribution in [3.63, 3.8) is 0 Å². The predicted molar refractivity (Wildman–Crippen MR) is 55.4 cm³/mol. The quantitative estimate of drug-likeness (QED) is 0.730. The van der Waals surface area contributed by atoms with Crippen LogP contribution in [0.2, 0.25) is 0 Å². The molecule has 0 radical (unpaired) electrons. The number of nitrogens with zero attached hydrogens (tertiary/aromatic N) is 3. The Morgan fingerprint density at radius 3 is 2.67 bits per heavy atom. The molecule has 0 spiro atoms. The summed E-state index contributed by atoms with van der Waals surface area (Å²) in [5.74, 6) is 0.207. The van der Waals surface area contributed by atoms with Gasteiger partial charge in [0, 0.05) is 5.75 Å². The topological polar surface area (TPSA) is 110 Å². The van der Waals surface area contributed by atoms with Crippen molar-refractivity contribution in [3.8, 4) is 6.07 Å². The molecule has 0 aliphatic rings. The summed E-state index contributed by atoms with van der Waals surface area (Å²) in [6, 6.07) is 1.84. The minimum Gasteiger partial charge on any atom is -0.245 e. The van der Waals surface area contributed by atoms with Crippen molar-refractivity contribution in [1.82, 2.24) is 9.97 Å². The molecule has 1 rings (SSSR count). The van der Waals surface area contributed by atoms with Crippen molar-refractivity contribution in [2.75, 3.05) is 11.5 Å². The molecule has 0 saturated carbocycles. The van der Waals surface area contributed by atoms with E-state index in [0.29, 0.717) is 10.8 Å². The number of hydrogen-bond acceptors (Lipinski definition) is 6. The Morgan fingerprint density at radius 2 is 2.20 bits per heavy atom. The van der Waals surface area contributed by atoms with Crippen molar-refractivity contribution < 1.29 is 8.42 Å². The summed E-state index contributed by atoms with van der Waals surface area (Å²) < 4.78 is 21.2. The summed E-state index contributed by atoms with van der Waals surface area (Å²) in [5, 5.41) is 13.8. The molecular formula is C7H8N4O2S2. The van der Waals surface area contributed by atoms with Crippen LogP contribution in [0.15, 0.2) is 17.4 Å². The molecule has 6 nitrogen and oxygen atoms in total. The van der Waals surface area contributed by atoms with Gasteiger partial charge in [0.15, 0.2) is 5.69 Å². The van der Waals surface area contributed by atoms with Crippen LogP contribution >= 0.6 is 11.8 Å². The van der Waals surface area contributed by atoms with Crippen LogP contribution in [0.25, 0.3) is 0 Å². The van der Waals surface area contributed by atoms with Gasteiger partial charge in [-0.1, -0.05) is 0 Å². The molecule has 0 aliphatic carbocycles. The zero-order chi connectivity index (χ0) is 11.3. The van der Waals surface area contributed by atoms with Gasteiger partial charge < -0.3 is 0 Å². The normalized spacial score (nSPS) is 10.9. The fourth-order valence-electron chi connectivity index (χ4n) is 0.711. The summed E-state index contributed by atoms with van der Waals surface area (Å²) in [6.45, 7) is 0. The van der Waals surface area contributed by atoms with E-state index in [1.54, 1.807) is 0 Å². The molecule has 0 aliphatic heterocycles. The van der Waals surface area contributed by atoms with E-state index in [9.17, 15) is 8.42 Å². The first kappa shape index (κ1) is 11.9. The summed E-state index contributed by atoms with van der Waals surface area (Å²) in [6.07, 6.45) is 2.76. The highest BCUT2D eigenvalue weighted by atomic mass is 32.2. The maximum Gasteiger partial charge on any atom is 0.209 e. The second-order valence-corrected chi connectivity index (χ2v) is 5.42. The molecule has 0 fully saturated rings. The fourth-order valence-corrected chi connectivity index (χ4v) is 2.44. The number of primary sulfonamides is 1. The number of nitrogens with two attached hydrogens (primary N) is 1. The highest BCUT2D eigenvalue weighted by Gasteiger charge is 2.04. The van der Waals surface area contributed by atoms with Crippen LogP contribution in [-0.2, 0) is 10.0 Å². The van der Waals surface area contributed by atoms with E-state index in [4.69, 9.17) is 10.4 Å². The molecule has 0 amide bonds. The van der Waals surface area contributed by atoms with Gasteiger partial charge in [-0.05, 0) is 0 Å². The van der Waals surface area contributed by atoms with Crippen LogP contribution in [-0.4, -0.2) is 29.9 Å². The molecular weight excluding hydrogens is 236 g/mol. The Hall–Kier alpha value is -1.17. The molecule has 0 saturated heterocycles. The van der Waals surface area contributed by atoms with Crippen molar-refractivity contribution >= 4 is 21.8 Å². The van der Waals surface area contributed by atoms with Gasteiger partial charge in [0.25, 0.3) is 0 Å². The summed E-state index contributed by atoms with van der Waals surface area (Å²) in [5.41, 5.74) is 0.228. The molecule has 15 heavy (non-hydrogen) atoms. The Bertz CT molecular complexity index is 463. The van der Waals surface area contributed by atoms with Gasteiger partial charge in [-0.2, -0.15) is 5.26 Å². The minimum atomic E-state index is -3.43. The number of rotatable bonds is 4. The molecule has 80 valence electrons. The molecule has 8 heteroatoms. The first-order valence-corrected chi connectivity index (χ1v) is 6.57. The van der Waals surface area contributed by atoms with Gasteiger partial charge in [0.05, 0.1) is 18.1 Å². The van der Waals surface area contributed by atoms with E-state index in [1.807, 2.05) is 6.07 Å². The van der Waals surface area contributed by atoms with E-state index in [2.05, 4.69) is 9.97 Å². The number of hydrogen-bond donors (Lipinski definition) is 1. The van der Waals surface area contributed by atoms with Crippen LogP contribution in [0.1, 0.15) is 5.69 Å². The second-order valence-electron chi connectivity index (χ2n) is 2.57. The maximum atomic E-state index is 10.6. The average Bonchev–Trinajstić information content (AvgIpc) is 2.17. The lowest BCUT2D eigenvalue weighted by Gasteiger charge is -1.98. The van der Waals surface area contributed by atoms with Crippen LogP contribution in [0.4, 0.5) is 0 Å². The van der Waals surface area contributed by atoms with Gasteiger partial charge in [0.2, 0.25) is 10.0 Å². The molecule has 1 aromatic heterocycles. The van der Waals surface area contributed by atoms with E-state index < -0.39 is 10.0 Å². The van der Waals surface area contributed by atoms with Crippen LogP contribution < -0.4 is 5.14 Å². The Labute approximate surface area is 91.6 Å². The molecule has 1 aromatic rings. The van der Waals surface area contributed by atoms with Crippen molar-refractivity contribution in [2.24, 2.45) is 5.14 Å². The zero-order valence-electron chi connectivity index (χ0n) is 7.62. The van der Waals surface area contributed by atoms with E-state index in [1.165, 1.54) is 24.2 Å². The third-order valence-corrected chi connectivity index (χ3v) is 3.31. The Kier molecular flexibility index (Phi) is 4.02. The second kappa shape index (κ2) is 5.06. The van der Waals surface area contributed by atoms with Crippen molar-refractivity contribution in [2.45, 2.75) is 5.03 Å². The van der Waals surface area contributed by atoms with Gasteiger partial charge in [-0.25, -0.2) is 23.5 Å². The van der Waals surface area contributed by atoms with Gasteiger partial charge in [0.1, 0.15) is 11.1 Å². The Balaban J connectivity index is 2.49. The van der Waals surface area contributed by atoms with E-state index >= 15 is 0 Å². The van der Waals surface area contributed by atoms with E-state index in [-0.39, 0.29) is 11.4 Å². The number of aromatic nitrogens is 2. The summed E-state index contributed by atoms with van der Waals surface area (Å²) in [7, 11) is -3.43. The number of thioether (sulfide) groups is 1. The van der Waals surface area contributed by atoms with Gasteiger partial charge in [-0.15, -0.1) is 11.8 Å². The number of nitriles is 1. The molecule has 0 atom stereocenters. The van der Waals surface area contributed by atoms with E-state index in [0.717, 1.165) is 0 Å². The van der Waals surface area contributed by atoms with Crippen molar-refractivity contribution in [1.29, 1.82) is 5.26 Å². The monoisotopic (exact) mass is 244 g/mol. The fraction of sp³-hybridized carbons (Fsp3) is 0.286. The number of sulfonamides is 1. The van der Waals surface area contributed by atoms with Gasteiger partial charge >= 0.3 is 0 Å². The zero-order valence-corrected chi connectivity index (χ0v) is 9.25. The van der Waals surface area contributed by atoms with Crippen LogP contribution in [0.5, 0.6) is 0 Å². The smallest absolute Gasteiger partial charge is 0.209 e. The Morgan fingerprint density at radius 1 is 1.47 bits per heavy atom. The molecule has 1 heterocycles. The minimum absolute atomic E-state index is 0.112. The van der Waals surface area contributed by atoms with Gasteiger partial charge in [-0.3, -0.25) is 0 Å². The predicted octanol–water partition coefficient (Wildman–Crippen LogP) is -0.271. The SMILES string of the molecule is N#Cc1cnc(SCCS(N)(=O)=O)cn1. The largest absolute Gasteiger partial charge is 0.245 e. The maximum absolute atomic E-state index is 10.6. The summed E-state index contributed by atoms with van der Waals surface area (Å²) >= 11 is 1.22. The molecule has 2 N–H and O–H groups in total.